The number of aryl methyl sites for hydroxylation is 1. The first-order chi connectivity index (χ1) is 10.5. The number of rotatable bonds is 5. The van der Waals surface area contributed by atoms with Gasteiger partial charge in [-0.25, -0.2) is 14.6 Å². The summed E-state index contributed by atoms with van der Waals surface area (Å²) in [5, 5.41) is 16.1. The smallest absolute Gasteiger partial charge is 0.342 e. The fraction of sp³-hybridized carbons (Fsp3) is 0.143. The summed E-state index contributed by atoms with van der Waals surface area (Å²) in [7, 11) is 1.30. The van der Waals surface area contributed by atoms with E-state index in [9.17, 15) is 14.7 Å². The number of H-pyrrole nitrogens is 1. The summed E-state index contributed by atoms with van der Waals surface area (Å²) in [6, 6.07) is 6.41. The van der Waals surface area contributed by atoms with Gasteiger partial charge in [-0.15, -0.1) is 5.10 Å². The summed E-state index contributed by atoms with van der Waals surface area (Å²) < 4.78 is 4.60. The number of nitrogens with zero attached hydrogens (tertiary/aromatic N) is 2. The molecule has 22 heavy (non-hydrogen) atoms. The molecule has 8 heteroatoms. The Morgan fingerprint density at radius 3 is 2.50 bits per heavy atom. The molecule has 7 nitrogen and oxygen atoms in total. The number of nitrogens with one attached hydrogen (secondary N) is 1. The number of ether oxygens (including phenoxy) is 1. The molecule has 1 heterocycles. The summed E-state index contributed by atoms with van der Waals surface area (Å²) in [5.74, 6) is -0.918. The predicted molar refractivity (Wildman–Crippen MR) is 80.4 cm³/mol. The van der Waals surface area contributed by atoms with Crippen molar-refractivity contribution in [3.8, 4) is 0 Å². The third kappa shape index (κ3) is 3.95. The number of aromatic nitrogens is 3. The van der Waals surface area contributed by atoms with Gasteiger partial charge in [0.05, 0.1) is 12.7 Å². The minimum Gasteiger partial charge on any atom is -0.477 e. The van der Waals surface area contributed by atoms with Crippen molar-refractivity contribution in [2.24, 2.45) is 0 Å². The molecule has 2 aromatic rings. The van der Waals surface area contributed by atoms with Gasteiger partial charge in [0.1, 0.15) is 10.7 Å². The Labute approximate surface area is 130 Å². The average Bonchev–Trinajstić information content (AvgIpc) is 2.91. The minimum atomic E-state index is -1.08. The first-order valence-electron chi connectivity index (χ1n) is 6.20. The second-order valence-corrected chi connectivity index (χ2v) is 5.24. The number of benzene rings is 1. The highest BCUT2D eigenvalue weighted by Gasteiger charge is 2.13. The summed E-state index contributed by atoms with van der Waals surface area (Å²) in [4.78, 5) is 26.8. The number of carbonyl (C=O) groups excluding carboxylic acids is 1. The van der Waals surface area contributed by atoms with Crippen LogP contribution in [0.25, 0.3) is 6.08 Å². The Morgan fingerprint density at radius 1 is 1.32 bits per heavy atom. The molecule has 0 spiro atoms. The number of methoxy groups -OCH3 is 1. The summed E-state index contributed by atoms with van der Waals surface area (Å²) in [6.07, 6.45) is 1.49. The molecule has 2 rings (SSSR count). The van der Waals surface area contributed by atoms with E-state index in [0.29, 0.717) is 22.1 Å². The van der Waals surface area contributed by atoms with Crippen LogP contribution < -0.4 is 0 Å². The predicted octanol–water partition coefficient (Wildman–Crippen LogP) is 2.12. The van der Waals surface area contributed by atoms with Crippen LogP contribution in [0.1, 0.15) is 21.7 Å². The quantitative estimate of drug-likeness (QED) is 0.494. The second-order valence-electron chi connectivity index (χ2n) is 4.23. The molecule has 0 saturated heterocycles. The van der Waals surface area contributed by atoms with E-state index in [2.05, 4.69) is 19.9 Å². The van der Waals surface area contributed by atoms with E-state index in [0.717, 1.165) is 11.8 Å². The summed E-state index contributed by atoms with van der Waals surface area (Å²) in [5.41, 5.74) is 1.04. The van der Waals surface area contributed by atoms with Gasteiger partial charge >= 0.3 is 11.9 Å². The minimum absolute atomic E-state index is 0.0739. The van der Waals surface area contributed by atoms with E-state index in [1.807, 2.05) is 0 Å². The Bertz CT molecular complexity index is 722. The molecular weight excluding hydrogens is 306 g/mol. The van der Waals surface area contributed by atoms with Crippen LogP contribution in [0.2, 0.25) is 0 Å². The van der Waals surface area contributed by atoms with Crippen molar-refractivity contribution in [2.45, 2.75) is 12.1 Å². The lowest BCUT2D eigenvalue weighted by molar-refractivity contribution is -0.131. The molecule has 0 radical (unpaired) electrons. The number of hydrogen-bond acceptors (Lipinski definition) is 6. The Morgan fingerprint density at radius 2 is 2.00 bits per heavy atom. The Hall–Kier alpha value is -2.61. The highest BCUT2D eigenvalue weighted by atomic mass is 32.2. The van der Waals surface area contributed by atoms with Crippen molar-refractivity contribution in [3.05, 3.63) is 46.1 Å². The SMILES string of the molecule is COC(=O)c1ccc(/C=C(\Sc2n[nH]c(C)n2)C(=O)O)cc1. The number of carboxylic acids is 1. The Kier molecular flexibility index (Phi) is 4.95. The lowest BCUT2D eigenvalue weighted by Gasteiger charge is -2.01. The van der Waals surface area contributed by atoms with Crippen molar-refractivity contribution in [2.75, 3.05) is 7.11 Å². The highest BCUT2D eigenvalue weighted by molar-refractivity contribution is 8.04. The van der Waals surface area contributed by atoms with Crippen LogP contribution in [0.5, 0.6) is 0 Å². The monoisotopic (exact) mass is 319 g/mol. The van der Waals surface area contributed by atoms with E-state index in [-0.39, 0.29) is 4.91 Å². The normalized spacial score (nSPS) is 11.3. The molecule has 0 amide bonds. The van der Waals surface area contributed by atoms with E-state index in [4.69, 9.17) is 0 Å². The molecular formula is C14H13N3O4S. The van der Waals surface area contributed by atoms with Gasteiger partial charge in [-0.05, 0) is 42.5 Å². The van der Waals surface area contributed by atoms with Crippen molar-refractivity contribution >= 4 is 29.8 Å². The Balaban J connectivity index is 2.22. The van der Waals surface area contributed by atoms with Crippen molar-refractivity contribution < 1.29 is 19.4 Å². The van der Waals surface area contributed by atoms with Gasteiger partial charge in [0.2, 0.25) is 5.16 Å². The maximum absolute atomic E-state index is 11.3. The number of carbonyl (C=O) groups is 2. The van der Waals surface area contributed by atoms with Gasteiger partial charge < -0.3 is 9.84 Å². The fourth-order valence-corrected chi connectivity index (χ4v) is 2.34. The first-order valence-corrected chi connectivity index (χ1v) is 7.01. The van der Waals surface area contributed by atoms with Crippen LogP contribution in [0.3, 0.4) is 0 Å². The summed E-state index contributed by atoms with van der Waals surface area (Å²) in [6.45, 7) is 1.73. The average molecular weight is 319 g/mol. The zero-order valence-corrected chi connectivity index (χ0v) is 12.7. The third-order valence-corrected chi connectivity index (χ3v) is 3.50. The lowest BCUT2D eigenvalue weighted by Crippen LogP contribution is -2.00. The number of hydrogen-bond donors (Lipinski definition) is 2. The number of thioether (sulfide) groups is 1. The van der Waals surface area contributed by atoms with Gasteiger partial charge in [0.25, 0.3) is 0 Å². The standard InChI is InChI=1S/C14H13N3O4S/c1-8-15-14(17-16-8)22-11(12(18)19)7-9-3-5-10(6-4-9)13(20)21-2/h3-7H,1-2H3,(H,18,19)(H,15,16,17)/b11-7-. The van der Waals surface area contributed by atoms with Crippen LogP contribution >= 0.6 is 11.8 Å². The number of aromatic amines is 1. The van der Waals surface area contributed by atoms with Crippen LogP contribution in [-0.2, 0) is 9.53 Å². The number of aliphatic carboxylic acids is 1. The molecule has 1 aromatic heterocycles. The highest BCUT2D eigenvalue weighted by Crippen LogP contribution is 2.25. The molecule has 2 N–H and O–H groups in total. The van der Waals surface area contributed by atoms with Gasteiger partial charge in [-0.2, -0.15) is 0 Å². The number of carboxylic acid groups (broad SMARTS) is 1. The molecule has 0 fully saturated rings. The van der Waals surface area contributed by atoms with Gasteiger partial charge in [0, 0.05) is 0 Å². The van der Waals surface area contributed by atoms with E-state index in [1.165, 1.54) is 13.2 Å². The van der Waals surface area contributed by atoms with Gasteiger partial charge in [-0.3, -0.25) is 5.10 Å². The van der Waals surface area contributed by atoms with Crippen molar-refractivity contribution in [1.82, 2.24) is 15.2 Å². The van der Waals surface area contributed by atoms with Crippen LogP contribution in [0, 0.1) is 6.92 Å². The van der Waals surface area contributed by atoms with Crippen LogP contribution in [0.4, 0.5) is 0 Å². The summed E-state index contributed by atoms with van der Waals surface area (Å²) >= 11 is 0.944. The second kappa shape index (κ2) is 6.90. The molecule has 0 bridgehead atoms. The third-order valence-electron chi connectivity index (χ3n) is 2.62. The molecule has 0 atom stereocenters. The molecule has 1 aromatic carbocycles. The zero-order chi connectivity index (χ0) is 16.1. The zero-order valence-electron chi connectivity index (χ0n) is 11.9. The fourth-order valence-electron chi connectivity index (χ4n) is 1.59. The van der Waals surface area contributed by atoms with Crippen LogP contribution in [-0.4, -0.2) is 39.3 Å². The molecule has 114 valence electrons. The molecule has 0 aliphatic heterocycles. The molecule has 0 unspecified atom stereocenters. The van der Waals surface area contributed by atoms with Crippen molar-refractivity contribution in [1.29, 1.82) is 0 Å². The van der Waals surface area contributed by atoms with Gasteiger partial charge in [-0.1, -0.05) is 12.1 Å². The van der Waals surface area contributed by atoms with Crippen molar-refractivity contribution in [3.63, 3.8) is 0 Å². The van der Waals surface area contributed by atoms with E-state index >= 15 is 0 Å². The largest absolute Gasteiger partial charge is 0.477 e. The maximum Gasteiger partial charge on any atom is 0.342 e. The molecule has 0 saturated carbocycles. The maximum atomic E-state index is 11.3. The topological polar surface area (TPSA) is 105 Å². The van der Waals surface area contributed by atoms with E-state index < -0.39 is 11.9 Å². The molecule has 0 aliphatic carbocycles. The van der Waals surface area contributed by atoms with E-state index in [1.54, 1.807) is 31.2 Å². The lowest BCUT2D eigenvalue weighted by atomic mass is 10.1. The molecule has 0 aliphatic rings. The van der Waals surface area contributed by atoms with Gasteiger partial charge in [0.15, 0.2) is 0 Å². The number of esters is 1. The van der Waals surface area contributed by atoms with Crippen LogP contribution in [0.15, 0.2) is 34.3 Å². The first kappa shape index (κ1) is 15.8.